The maximum atomic E-state index is 10.1. The first-order chi connectivity index (χ1) is 10.2. The van der Waals surface area contributed by atoms with E-state index in [2.05, 4.69) is 24.5 Å². The molecule has 1 N–H and O–H groups in total. The number of hydrogen-bond donors (Lipinski definition) is 1. The number of aromatic nitrogens is 1. The van der Waals surface area contributed by atoms with Crippen molar-refractivity contribution in [1.82, 2.24) is 4.57 Å². The largest absolute Gasteiger partial charge is 0.388 e. The van der Waals surface area contributed by atoms with Gasteiger partial charge in [0, 0.05) is 23.5 Å². The average Bonchev–Trinajstić information content (AvgIpc) is 2.80. The number of nitrogens with zero attached hydrogens (tertiary/aromatic N) is 1. The summed E-state index contributed by atoms with van der Waals surface area (Å²) in [5.41, 5.74) is 3.96. The Kier molecular flexibility index (Phi) is 6.82. The van der Waals surface area contributed by atoms with Crippen molar-refractivity contribution in [3.63, 3.8) is 0 Å². The van der Waals surface area contributed by atoms with Gasteiger partial charge in [-0.2, -0.15) is 0 Å². The maximum Gasteiger partial charge on any atom is 0.0807 e. The highest BCUT2D eigenvalue weighted by atomic mass is 16.3. The third-order valence-corrected chi connectivity index (χ3v) is 4.93. The van der Waals surface area contributed by atoms with E-state index in [1.165, 1.54) is 68.3 Å². The molecule has 0 saturated heterocycles. The molecule has 1 unspecified atom stereocenters. The van der Waals surface area contributed by atoms with E-state index in [0.717, 1.165) is 25.8 Å². The topological polar surface area (TPSA) is 25.2 Å². The van der Waals surface area contributed by atoms with Gasteiger partial charge < -0.3 is 9.67 Å². The Labute approximate surface area is 130 Å². The minimum Gasteiger partial charge on any atom is -0.388 e. The summed E-state index contributed by atoms with van der Waals surface area (Å²) in [7, 11) is 0. The lowest BCUT2D eigenvalue weighted by Crippen LogP contribution is -2.12. The summed E-state index contributed by atoms with van der Waals surface area (Å²) in [6.07, 6.45) is 14.0. The zero-order valence-electron chi connectivity index (χ0n) is 14.0. The molecule has 0 saturated carbocycles. The molecular weight excluding hydrogens is 258 g/mol. The van der Waals surface area contributed by atoms with E-state index in [1.54, 1.807) is 0 Å². The van der Waals surface area contributed by atoms with E-state index in [0.29, 0.717) is 0 Å². The lowest BCUT2D eigenvalue weighted by molar-refractivity contribution is 0.155. The molecule has 1 aromatic heterocycles. The smallest absolute Gasteiger partial charge is 0.0807 e. The first-order valence-electron chi connectivity index (χ1n) is 9.11. The van der Waals surface area contributed by atoms with Crippen LogP contribution in [0, 0.1) is 6.92 Å². The van der Waals surface area contributed by atoms with E-state index in [9.17, 15) is 5.11 Å². The van der Waals surface area contributed by atoms with Crippen molar-refractivity contribution in [1.29, 1.82) is 0 Å². The van der Waals surface area contributed by atoms with Crippen LogP contribution in [0.3, 0.4) is 0 Å². The van der Waals surface area contributed by atoms with Crippen molar-refractivity contribution in [3.8, 4) is 0 Å². The molecule has 0 spiro atoms. The van der Waals surface area contributed by atoms with Crippen LogP contribution in [0.2, 0.25) is 0 Å². The van der Waals surface area contributed by atoms with E-state index in [-0.39, 0.29) is 6.10 Å². The monoisotopic (exact) mass is 291 g/mol. The quantitative estimate of drug-likeness (QED) is 0.613. The summed E-state index contributed by atoms with van der Waals surface area (Å²) in [5.74, 6) is 0. The maximum absolute atomic E-state index is 10.1. The third kappa shape index (κ3) is 4.60. The van der Waals surface area contributed by atoms with Crippen LogP contribution >= 0.6 is 0 Å². The van der Waals surface area contributed by atoms with Crippen LogP contribution in [-0.4, -0.2) is 9.67 Å². The Balaban J connectivity index is 1.71. The molecule has 0 aromatic carbocycles. The highest BCUT2D eigenvalue weighted by Crippen LogP contribution is 2.32. The molecule has 2 nitrogen and oxygen atoms in total. The van der Waals surface area contributed by atoms with Gasteiger partial charge in [0.1, 0.15) is 0 Å². The fourth-order valence-electron chi connectivity index (χ4n) is 3.66. The SMILES string of the molecule is CCCCCCCCCCn1c(C)cc2c1CCCC2O. The van der Waals surface area contributed by atoms with Crippen LogP contribution in [0.25, 0.3) is 0 Å². The number of hydrogen-bond acceptors (Lipinski definition) is 1. The molecule has 1 aromatic rings. The second-order valence-electron chi connectivity index (χ2n) is 6.72. The highest BCUT2D eigenvalue weighted by Gasteiger charge is 2.22. The first kappa shape index (κ1) is 16.6. The van der Waals surface area contributed by atoms with Gasteiger partial charge in [-0.25, -0.2) is 0 Å². The standard InChI is InChI=1S/C19H33NO/c1-3-4-5-6-7-8-9-10-14-20-16(2)15-17-18(20)12-11-13-19(17)21/h15,19,21H,3-14H2,1-2H3. The Bertz CT molecular complexity index is 421. The number of aliphatic hydroxyl groups excluding tert-OH is 1. The van der Waals surface area contributed by atoms with Crippen LogP contribution in [-0.2, 0) is 13.0 Å². The summed E-state index contributed by atoms with van der Waals surface area (Å²) in [5, 5.41) is 10.1. The summed E-state index contributed by atoms with van der Waals surface area (Å²) in [4.78, 5) is 0. The summed E-state index contributed by atoms with van der Waals surface area (Å²) in [6, 6.07) is 2.21. The molecule has 0 amide bonds. The van der Waals surface area contributed by atoms with Gasteiger partial charge in [-0.1, -0.05) is 51.9 Å². The fourth-order valence-corrected chi connectivity index (χ4v) is 3.66. The number of fused-ring (bicyclic) bond motifs is 1. The molecule has 0 fully saturated rings. The van der Waals surface area contributed by atoms with Gasteiger partial charge in [0.2, 0.25) is 0 Å². The summed E-state index contributed by atoms with van der Waals surface area (Å²) >= 11 is 0. The number of rotatable bonds is 9. The number of aryl methyl sites for hydroxylation is 1. The van der Waals surface area contributed by atoms with Crippen LogP contribution in [0.1, 0.15) is 94.2 Å². The first-order valence-corrected chi connectivity index (χ1v) is 9.11. The molecule has 0 bridgehead atoms. The minimum atomic E-state index is -0.215. The number of aliphatic hydroxyl groups is 1. The zero-order valence-corrected chi connectivity index (χ0v) is 14.0. The summed E-state index contributed by atoms with van der Waals surface area (Å²) in [6.45, 7) is 5.61. The average molecular weight is 291 g/mol. The Morgan fingerprint density at radius 1 is 1.10 bits per heavy atom. The van der Waals surface area contributed by atoms with E-state index in [1.807, 2.05) is 0 Å². The fraction of sp³-hybridized carbons (Fsp3) is 0.789. The Morgan fingerprint density at radius 3 is 2.48 bits per heavy atom. The van der Waals surface area contributed by atoms with Gasteiger partial charge in [-0.3, -0.25) is 0 Å². The zero-order chi connectivity index (χ0) is 15.1. The molecule has 0 aliphatic heterocycles. The van der Waals surface area contributed by atoms with Gasteiger partial charge >= 0.3 is 0 Å². The molecular formula is C19H33NO. The molecule has 1 aliphatic carbocycles. The molecule has 2 rings (SSSR count). The predicted octanol–water partition coefficient (Wildman–Crippen LogP) is 5.31. The third-order valence-electron chi connectivity index (χ3n) is 4.93. The van der Waals surface area contributed by atoms with Crippen LogP contribution < -0.4 is 0 Å². The van der Waals surface area contributed by atoms with Crippen molar-refractivity contribution < 1.29 is 5.11 Å². The molecule has 0 radical (unpaired) electrons. The van der Waals surface area contributed by atoms with Gasteiger partial charge in [0.25, 0.3) is 0 Å². The lowest BCUT2D eigenvalue weighted by Gasteiger charge is -2.20. The predicted molar refractivity (Wildman–Crippen MR) is 89.7 cm³/mol. The van der Waals surface area contributed by atoms with Gasteiger partial charge in [0.15, 0.2) is 0 Å². The van der Waals surface area contributed by atoms with Crippen LogP contribution in [0.4, 0.5) is 0 Å². The molecule has 1 heterocycles. The summed E-state index contributed by atoms with van der Waals surface area (Å²) < 4.78 is 2.47. The van der Waals surface area contributed by atoms with Crippen molar-refractivity contribution in [3.05, 3.63) is 23.0 Å². The highest BCUT2D eigenvalue weighted by molar-refractivity contribution is 5.31. The minimum absolute atomic E-state index is 0.215. The Morgan fingerprint density at radius 2 is 1.76 bits per heavy atom. The molecule has 120 valence electrons. The van der Waals surface area contributed by atoms with E-state index in [4.69, 9.17) is 0 Å². The van der Waals surface area contributed by atoms with E-state index >= 15 is 0 Å². The normalized spacial score (nSPS) is 18.0. The van der Waals surface area contributed by atoms with Crippen molar-refractivity contribution >= 4 is 0 Å². The second-order valence-corrected chi connectivity index (χ2v) is 6.72. The molecule has 2 heteroatoms. The van der Waals surface area contributed by atoms with Gasteiger partial charge in [-0.15, -0.1) is 0 Å². The molecule has 21 heavy (non-hydrogen) atoms. The lowest BCUT2D eigenvalue weighted by atomic mass is 9.95. The Hall–Kier alpha value is -0.760. The second kappa shape index (κ2) is 8.63. The van der Waals surface area contributed by atoms with Gasteiger partial charge in [0.05, 0.1) is 6.10 Å². The number of unbranched alkanes of at least 4 members (excludes halogenated alkanes) is 7. The molecule has 1 aliphatic rings. The van der Waals surface area contributed by atoms with Gasteiger partial charge in [-0.05, 0) is 38.7 Å². The molecule has 1 atom stereocenters. The van der Waals surface area contributed by atoms with Crippen molar-refractivity contribution in [2.75, 3.05) is 0 Å². The van der Waals surface area contributed by atoms with E-state index < -0.39 is 0 Å². The van der Waals surface area contributed by atoms with Crippen molar-refractivity contribution in [2.24, 2.45) is 0 Å². The van der Waals surface area contributed by atoms with Crippen LogP contribution in [0.5, 0.6) is 0 Å². The van der Waals surface area contributed by atoms with Crippen molar-refractivity contribution in [2.45, 2.75) is 97.1 Å². The van der Waals surface area contributed by atoms with Crippen LogP contribution in [0.15, 0.2) is 6.07 Å².